The standard InChI is InChI=1S/C17H12O4S/c1-10(17(19)20)9-21-11-6-7-15-13(8-11)16(18)12-4-2-3-5-14(12)22-15/h2-8H,1,9H2,(H,19,20). The Balaban J connectivity index is 2.04. The lowest BCUT2D eigenvalue weighted by atomic mass is 10.2. The van der Waals surface area contributed by atoms with Crippen molar-refractivity contribution in [2.24, 2.45) is 0 Å². The zero-order chi connectivity index (χ0) is 15.7. The lowest BCUT2D eigenvalue weighted by molar-refractivity contribution is -0.133. The Hall–Kier alpha value is -2.66. The minimum Gasteiger partial charge on any atom is -0.489 e. The first-order valence-electron chi connectivity index (χ1n) is 6.56. The summed E-state index contributed by atoms with van der Waals surface area (Å²) >= 11 is 1.54. The average molecular weight is 312 g/mol. The van der Waals surface area contributed by atoms with Crippen molar-refractivity contribution in [3.63, 3.8) is 0 Å². The van der Waals surface area contributed by atoms with Crippen LogP contribution in [0, 0.1) is 0 Å². The highest BCUT2D eigenvalue weighted by atomic mass is 32.1. The van der Waals surface area contributed by atoms with Crippen LogP contribution in [0.3, 0.4) is 0 Å². The molecule has 0 spiro atoms. The van der Waals surface area contributed by atoms with Crippen molar-refractivity contribution in [2.45, 2.75) is 0 Å². The minimum absolute atomic E-state index is 0.0382. The third-order valence-corrected chi connectivity index (χ3v) is 4.41. The van der Waals surface area contributed by atoms with E-state index in [9.17, 15) is 9.59 Å². The number of benzene rings is 2. The Morgan fingerprint density at radius 3 is 2.64 bits per heavy atom. The van der Waals surface area contributed by atoms with Gasteiger partial charge in [-0.05, 0) is 30.3 Å². The van der Waals surface area contributed by atoms with Crippen LogP contribution >= 0.6 is 11.3 Å². The van der Waals surface area contributed by atoms with Crippen LogP contribution in [0.4, 0.5) is 0 Å². The van der Waals surface area contributed by atoms with Crippen molar-refractivity contribution in [1.29, 1.82) is 0 Å². The van der Waals surface area contributed by atoms with Crippen LogP contribution in [0.25, 0.3) is 20.2 Å². The van der Waals surface area contributed by atoms with E-state index >= 15 is 0 Å². The SMILES string of the molecule is C=C(COc1ccc2sc3ccccc3c(=O)c2c1)C(=O)O. The molecule has 0 aliphatic rings. The van der Waals surface area contributed by atoms with Crippen LogP contribution < -0.4 is 10.2 Å². The smallest absolute Gasteiger partial charge is 0.334 e. The molecule has 0 saturated heterocycles. The quantitative estimate of drug-likeness (QED) is 0.592. The van der Waals surface area contributed by atoms with Gasteiger partial charge in [-0.1, -0.05) is 18.7 Å². The molecule has 0 bridgehead atoms. The zero-order valence-electron chi connectivity index (χ0n) is 11.5. The van der Waals surface area contributed by atoms with Gasteiger partial charge in [0.2, 0.25) is 0 Å². The van der Waals surface area contributed by atoms with E-state index in [0.29, 0.717) is 16.5 Å². The maximum Gasteiger partial charge on any atom is 0.334 e. The topological polar surface area (TPSA) is 63.6 Å². The van der Waals surface area contributed by atoms with Gasteiger partial charge in [0.25, 0.3) is 0 Å². The molecule has 0 atom stereocenters. The first kappa shape index (κ1) is 14.3. The number of carboxylic acid groups (broad SMARTS) is 1. The molecule has 0 aliphatic carbocycles. The third kappa shape index (κ3) is 2.58. The third-order valence-electron chi connectivity index (χ3n) is 3.26. The molecule has 0 unspecified atom stereocenters. The maximum atomic E-state index is 12.5. The van der Waals surface area contributed by atoms with Gasteiger partial charge in [0.05, 0.1) is 5.57 Å². The van der Waals surface area contributed by atoms with Gasteiger partial charge < -0.3 is 9.84 Å². The fraction of sp³-hybridized carbons (Fsp3) is 0.0588. The fourth-order valence-corrected chi connectivity index (χ4v) is 3.16. The van der Waals surface area contributed by atoms with E-state index in [0.717, 1.165) is 9.40 Å². The van der Waals surface area contributed by atoms with E-state index in [1.807, 2.05) is 24.3 Å². The molecule has 0 saturated carbocycles. The average Bonchev–Trinajstić information content (AvgIpc) is 2.53. The molecular weight excluding hydrogens is 300 g/mol. The second kappa shape index (κ2) is 5.61. The molecule has 110 valence electrons. The molecule has 5 heteroatoms. The number of hydrogen-bond donors (Lipinski definition) is 1. The van der Waals surface area contributed by atoms with Crippen LogP contribution in [0.1, 0.15) is 0 Å². The van der Waals surface area contributed by atoms with E-state index in [2.05, 4.69) is 6.58 Å². The van der Waals surface area contributed by atoms with Crippen LogP contribution in [-0.4, -0.2) is 17.7 Å². The first-order chi connectivity index (χ1) is 10.6. The minimum atomic E-state index is -1.10. The van der Waals surface area contributed by atoms with Gasteiger partial charge in [-0.3, -0.25) is 4.79 Å². The lowest BCUT2D eigenvalue weighted by Gasteiger charge is -2.07. The van der Waals surface area contributed by atoms with Gasteiger partial charge in [0.15, 0.2) is 5.43 Å². The van der Waals surface area contributed by atoms with Gasteiger partial charge in [0.1, 0.15) is 12.4 Å². The van der Waals surface area contributed by atoms with Crippen molar-refractivity contribution in [3.8, 4) is 5.75 Å². The summed E-state index contributed by atoms with van der Waals surface area (Å²) in [5.74, 6) is -0.645. The molecular formula is C17H12O4S. The molecule has 0 radical (unpaired) electrons. The highest BCUT2D eigenvalue weighted by Gasteiger charge is 2.08. The number of carbonyl (C=O) groups is 1. The van der Waals surface area contributed by atoms with Crippen molar-refractivity contribution < 1.29 is 14.6 Å². The summed E-state index contributed by atoms with van der Waals surface area (Å²) in [5, 5.41) is 10.0. The van der Waals surface area contributed by atoms with E-state index in [-0.39, 0.29) is 17.6 Å². The number of rotatable bonds is 4. The summed E-state index contributed by atoms with van der Waals surface area (Å²) in [4.78, 5) is 23.2. The second-order valence-electron chi connectivity index (χ2n) is 4.78. The van der Waals surface area contributed by atoms with Gasteiger partial charge in [-0.15, -0.1) is 11.3 Å². The normalized spacial score (nSPS) is 10.7. The summed E-state index contributed by atoms with van der Waals surface area (Å²) in [5.41, 5.74) is -0.0874. The number of ether oxygens (including phenoxy) is 1. The Kier molecular flexibility index (Phi) is 3.65. The van der Waals surface area contributed by atoms with Gasteiger partial charge in [-0.2, -0.15) is 0 Å². The van der Waals surface area contributed by atoms with E-state index < -0.39 is 5.97 Å². The number of aliphatic carboxylic acids is 1. The van der Waals surface area contributed by atoms with E-state index in [1.54, 1.807) is 18.2 Å². The summed E-state index contributed by atoms with van der Waals surface area (Å²) in [7, 11) is 0. The summed E-state index contributed by atoms with van der Waals surface area (Å²) in [6, 6.07) is 12.6. The van der Waals surface area contributed by atoms with Crippen molar-refractivity contribution in [3.05, 3.63) is 64.8 Å². The molecule has 1 heterocycles. The zero-order valence-corrected chi connectivity index (χ0v) is 12.4. The summed E-state index contributed by atoms with van der Waals surface area (Å²) < 4.78 is 7.20. The monoisotopic (exact) mass is 312 g/mol. The van der Waals surface area contributed by atoms with Gasteiger partial charge in [-0.25, -0.2) is 4.79 Å². The van der Waals surface area contributed by atoms with Crippen molar-refractivity contribution >= 4 is 37.5 Å². The largest absolute Gasteiger partial charge is 0.489 e. The van der Waals surface area contributed by atoms with Crippen LogP contribution in [0.5, 0.6) is 5.75 Å². The summed E-state index contributed by atoms with van der Waals surface area (Å²) in [6.07, 6.45) is 0. The molecule has 3 rings (SSSR count). The molecule has 0 fully saturated rings. The molecule has 1 N–H and O–H groups in total. The second-order valence-corrected chi connectivity index (χ2v) is 5.87. The van der Waals surface area contributed by atoms with E-state index in [1.165, 1.54) is 11.3 Å². The van der Waals surface area contributed by atoms with Crippen molar-refractivity contribution in [1.82, 2.24) is 0 Å². The molecule has 4 nitrogen and oxygen atoms in total. The Bertz CT molecular complexity index is 956. The molecule has 3 aromatic rings. The van der Waals surface area contributed by atoms with E-state index in [4.69, 9.17) is 9.84 Å². The van der Waals surface area contributed by atoms with Crippen molar-refractivity contribution in [2.75, 3.05) is 6.61 Å². The number of hydrogen-bond acceptors (Lipinski definition) is 4. The Morgan fingerprint density at radius 1 is 1.14 bits per heavy atom. The van der Waals surface area contributed by atoms with Gasteiger partial charge in [0, 0.05) is 20.2 Å². The fourth-order valence-electron chi connectivity index (χ4n) is 2.10. The van der Waals surface area contributed by atoms with Crippen LogP contribution in [-0.2, 0) is 4.79 Å². The van der Waals surface area contributed by atoms with Crippen LogP contribution in [0.15, 0.2) is 59.4 Å². The maximum absolute atomic E-state index is 12.5. The summed E-state index contributed by atoms with van der Waals surface area (Å²) in [6.45, 7) is 3.29. The van der Waals surface area contributed by atoms with Gasteiger partial charge >= 0.3 is 5.97 Å². The highest BCUT2D eigenvalue weighted by molar-refractivity contribution is 7.24. The lowest BCUT2D eigenvalue weighted by Crippen LogP contribution is -2.09. The number of fused-ring (bicyclic) bond motifs is 2. The predicted molar refractivity (Wildman–Crippen MR) is 87.9 cm³/mol. The molecule has 0 amide bonds. The van der Waals surface area contributed by atoms with Crippen LogP contribution in [0.2, 0.25) is 0 Å². The highest BCUT2D eigenvalue weighted by Crippen LogP contribution is 2.27. The molecule has 0 aliphatic heterocycles. The molecule has 22 heavy (non-hydrogen) atoms. The Labute approximate surface area is 129 Å². The molecule has 2 aromatic carbocycles. The number of carboxylic acids is 1. The molecule has 1 aromatic heterocycles. The predicted octanol–water partition coefficient (Wildman–Crippen LogP) is 3.43. The first-order valence-corrected chi connectivity index (χ1v) is 7.37. The Morgan fingerprint density at radius 2 is 1.86 bits per heavy atom.